The van der Waals surface area contributed by atoms with Crippen LogP contribution in [0.2, 0.25) is 0 Å². The summed E-state index contributed by atoms with van der Waals surface area (Å²) in [5.41, 5.74) is 9.02. The van der Waals surface area contributed by atoms with Crippen LogP contribution in [0.25, 0.3) is 0 Å². The number of hydrogen-bond acceptors (Lipinski definition) is 2. The van der Waals surface area contributed by atoms with Gasteiger partial charge in [0.1, 0.15) is 0 Å². The Hall–Kier alpha value is -1.02. The van der Waals surface area contributed by atoms with E-state index in [1.54, 1.807) is 0 Å². The summed E-state index contributed by atoms with van der Waals surface area (Å²) >= 11 is 0. The number of aryl methyl sites for hydroxylation is 1. The maximum absolute atomic E-state index is 6.25. The first-order valence-electron chi connectivity index (χ1n) is 7.34. The topological polar surface area (TPSA) is 29.3 Å². The maximum Gasteiger partial charge on any atom is 0.0366 e. The van der Waals surface area contributed by atoms with Crippen LogP contribution in [-0.4, -0.2) is 19.1 Å². The molecule has 0 spiro atoms. The zero-order valence-corrected chi connectivity index (χ0v) is 11.7. The fourth-order valence-electron chi connectivity index (χ4n) is 2.88. The molecular weight excluding hydrogens is 220 g/mol. The number of anilines is 1. The number of benzene rings is 1. The van der Waals surface area contributed by atoms with E-state index < -0.39 is 0 Å². The minimum absolute atomic E-state index is 0.384. The summed E-state index contributed by atoms with van der Waals surface area (Å²) in [5, 5.41) is 0. The van der Waals surface area contributed by atoms with Gasteiger partial charge in [-0.05, 0) is 42.9 Å². The molecule has 0 amide bonds. The van der Waals surface area contributed by atoms with E-state index in [0.717, 1.165) is 25.9 Å². The van der Waals surface area contributed by atoms with Crippen molar-refractivity contribution in [1.29, 1.82) is 0 Å². The third-order valence-electron chi connectivity index (χ3n) is 4.16. The van der Waals surface area contributed by atoms with Gasteiger partial charge in [0.25, 0.3) is 0 Å². The van der Waals surface area contributed by atoms with Crippen LogP contribution in [0.3, 0.4) is 0 Å². The first-order valence-corrected chi connectivity index (χ1v) is 7.34. The summed E-state index contributed by atoms with van der Waals surface area (Å²) in [4.78, 5) is 2.49. The van der Waals surface area contributed by atoms with Gasteiger partial charge >= 0.3 is 0 Å². The van der Waals surface area contributed by atoms with Crippen molar-refractivity contribution in [2.45, 2.75) is 45.6 Å². The minimum atomic E-state index is 0.384. The second-order valence-electron chi connectivity index (χ2n) is 5.47. The Labute approximate surface area is 111 Å². The van der Waals surface area contributed by atoms with Gasteiger partial charge in [-0.2, -0.15) is 0 Å². The zero-order chi connectivity index (χ0) is 13.0. The summed E-state index contributed by atoms with van der Waals surface area (Å²) in [5.74, 6) is 0.677. The molecule has 2 unspecified atom stereocenters. The lowest BCUT2D eigenvalue weighted by atomic mass is 9.96. The Morgan fingerprint density at radius 1 is 1.28 bits per heavy atom. The first-order chi connectivity index (χ1) is 8.74. The molecule has 1 aromatic carbocycles. The summed E-state index contributed by atoms with van der Waals surface area (Å²) in [6, 6.07) is 9.39. The lowest BCUT2D eigenvalue weighted by Crippen LogP contribution is -2.32. The molecule has 1 aliphatic heterocycles. The Bertz CT molecular complexity index is 358. The molecule has 0 aliphatic carbocycles. The Balaban J connectivity index is 1.95. The number of hydrogen-bond donors (Lipinski definition) is 1. The van der Waals surface area contributed by atoms with Crippen LogP contribution in [0, 0.1) is 5.92 Å². The highest BCUT2D eigenvalue weighted by Gasteiger charge is 2.26. The van der Waals surface area contributed by atoms with Crippen LogP contribution in [0.5, 0.6) is 0 Å². The van der Waals surface area contributed by atoms with Crippen LogP contribution >= 0.6 is 0 Å². The van der Waals surface area contributed by atoms with Gasteiger partial charge in [-0.15, -0.1) is 0 Å². The van der Waals surface area contributed by atoms with Crippen molar-refractivity contribution in [3.63, 3.8) is 0 Å². The molecule has 1 aromatic rings. The predicted octanol–water partition coefficient (Wildman–Crippen LogP) is 3.20. The van der Waals surface area contributed by atoms with Gasteiger partial charge in [0.2, 0.25) is 0 Å². The lowest BCUT2D eigenvalue weighted by Gasteiger charge is -2.21. The van der Waals surface area contributed by atoms with E-state index in [0.29, 0.717) is 12.0 Å². The van der Waals surface area contributed by atoms with E-state index in [-0.39, 0.29) is 0 Å². The van der Waals surface area contributed by atoms with E-state index in [9.17, 15) is 0 Å². The molecule has 0 radical (unpaired) electrons. The van der Waals surface area contributed by atoms with Gasteiger partial charge < -0.3 is 10.6 Å². The van der Waals surface area contributed by atoms with Gasteiger partial charge in [-0.3, -0.25) is 0 Å². The molecule has 1 aliphatic rings. The van der Waals surface area contributed by atoms with Crippen LogP contribution in [0.15, 0.2) is 24.3 Å². The highest BCUT2D eigenvalue weighted by Crippen LogP contribution is 2.26. The molecule has 18 heavy (non-hydrogen) atoms. The van der Waals surface area contributed by atoms with E-state index >= 15 is 0 Å². The molecule has 2 N–H and O–H groups in total. The number of rotatable bonds is 5. The lowest BCUT2D eigenvalue weighted by molar-refractivity contribution is 0.430. The molecular formula is C16H26N2. The molecule has 1 saturated heterocycles. The average Bonchev–Trinajstić information content (AvgIpc) is 2.89. The summed E-state index contributed by atoms with van der Waals surface area (Å²) < 4.78 is 0. The van der Waals surface area contributed by atoms with Crippen molar-refractivity contribution in [3.8, 4) is 0 Å². The molecule has 2 heteroatoms. The molecule has 2 rings (SSSR count). The normalized spacial score (nSPS) is 21.3. The summed E-state index contributed by atoms with van der Waals surface area (Å²) in [7, 11) is 0. The SMILES string of the molecule is CCCC(N)C1CCN(c2ccc(CC)cc2)C1. The van der Waals surface area contributed by atoms with Crippen molar-refractivity contribution in [3.05, 3.63) is 29.8 Å². The second kappa shape index (κ2) is 6.24. The minimum Gasteiger partial charge on any atom is -0.371 e. The average molecular weight is 246 g/mol. The third-order valence-corrected chi connectivity index (χ3v) is 4.16. The van der Waals surface area contributed by atoms with Crippen LogP contribution in [0.4, 0.5) is 5.69 Å². The predicted molar refractivity (Wildman–Crippen MR) is 79.0 cm³/mol. The van der Waals surface area contributed by atoms with Crippen molar-refractivity contribution < 1.29 is 0 Å². The Kier molecular flexibility index (Phi) is 4.65. The van der Waals surface area contributed by atoms with Gasteiger partial charge in [0.05, 0.1) is 0 Å². The standard InChI is InChI=1S/C16H26N2/c1-3-5-16(17)14-10-11-18(12-14)15-8-6-13(4-2)7-9-15/h6-9,14,16H,3-5,10-12,17H2,1-2H3. The molecule has 0 bridgehead atoms. The molecule has 0 aromatic heterocycles. The highest BCUT2D eigenvalue weighted by molar-refractivity contribution is 5.48. The van der Waals surface area contributed by atoms with Crippen LogP contribution < -0.4 is 10.6 Å². The van der Waals surface area contributed by atoms with Crippen molar-refractivity contribution in [1.82, 2.24) is 0 Å². The fourth-order valence-corrected chi connectivity index (χ4v) is 2.88. The molecule has 1 heterocycles. The fraction of sp³-hybridized carbons (Fsp3) is 0.625. The monoisotopic (exact) mass is 246 g/mol. The Morgan fingerprint density at radius 2 is 2.00 bits per heavy atom. The smallest absolute Gasteiger partial charge is 0.0366 e. The first kappa shape index (κ1) is 13.4. The van der Waals surface area contributed by atoms with Crippen molar-refractivity contribution in [2.24, 2.45) is 11.7 Å². The van der Waals surface area contributed by atoms with E-state index in [4.69, 9.17) is 5.73 Å². The van der Waals surface area contributed by atoms with E-state index in [1.807, 2.05) is 0 Å². The van der Waals surface area contributed by atoms with Crippen molar-refractivity contribution >= 4 is 5.69 Å². The van der Waals surface area contributed by atoms with E-state index in [2.05, 4.69) is 43.0 Å². The van der Waals surface area contributed by atoms with Crippen molar-refractivity contribution in [2.75, 3.05) is 18.0 Å². The summed E-state index contributed by atoms with van der Waals surface area (Å²) in [6.45, 7) is 6.71. The van der Waals surface area contributed by atoms with Gasteiger partial charge in [0.15, 0.2) is 0 Å². The Morgan fingerprint density at radius 3 is 2.61 bits per heavy atom. The molecule has 0 saturated carbocycles. The number of nitrogens with zero attached hydrogens (tertiary/aromatic N) is 1. The molecule has 1 fully saturated rings. The molecule has 100 valence electrons. The number of nitrogens with two attached hydrogens (primary N) is 1. The summed E-state index contributed by atoms with van der Waals surface area (Å²) in [6.07, 6.45) is 4.72. The molecule has 2 atom stereocenters. The van der Waals surface area contributed by atoms with E-state index in [1.165, 1.54) is 24.1 Å². The largest absolute Gasteiger partial charge is 0.371 e. The quantitative estimate of drug-likeness (QED) is 0.864. The zero-order valence-electron chi connectivity index (χ0n) is 11.7. The third kappa shape index (κ3) is 3.05. The van der Waals surface area contributed by atoms with Crippen LogP contribution in [-0.2, 0) is 6.42 Å². The maximum atomic E-state index is 6.25. The van der Waals surface area contributed by atoms with Gasteiger partial charge in [0, 0.05) is 24.8 Å². The van der Waals surface area contributed by atoms with Gasteiger partial charge in [-0.25, -0.2) is 0 Å². The van der Waals surface area contributed by atoms with Gasteiger partial charge in [-0.1, -0.05) is 32.4 Å². The van der Waals surface area contributed by atoms with Crippen LogP contribution in [0.1, 0.15) is 38.7 Å². The molecule has 2 nitrogen and oxygen atoms in total. The second-order valence-corrected chi connectivity index (χ2v) is 5.47. The highest BCUT2D eigenvalue weighted by atomic mass is 15.2.